The van der Waals surface area contributed by atoms with Gasteiger partial charge in [-0.3, -0.25) is 9.35 Å². The molecule has 1 aromatic heterocycles. The lowest BCUT2D eigenvalue weighted by Crippen LogP contribution is -2.62. The number of nitrogens with zero attached hydrogens (tertiary/aromatic N) is 2. The van der Waals surface area contributed by atoms with Crippen molar-refractivity contribution >= 4 is 27.9 Å². The highest BCUT2D eigenvalue weighted by Gasteiger charge is 2.70. The molecule has 11 heteroatoms. The molecule has 0 radical (unpaired) electrons. The number of aromatic nitrogens is 2. The lowest BCUT2D eigenvalue weighted by Gasteiger charge is -2.59. The van der Waals surface area contributed by atoms with Crippen LogP contribution in [-0.2, 0) is 26.1 Å². The number of esters is 1. The molecule has 2 saturated carbocycles. The molecule has 8 atom stereocenters. The van der Waals surface area contributed by atoms with Crippen LogP contribution in [0.15, 0.2) is 82.9 Å². The van der Waals surface area contributed by atoms with Gasteiger partial charge in [-0.25, -0.2) is 9.48 Å². The maximum absolute atomic E-state index is 13.9. The number of para-hydroxylation sites is 1. The fourth-order valence-corrected chi connectivity index (χ4v) is 10.4. The molecule has 0 amide bonds. The minimum Gasteiger partial charge on any atom is -0.454 e. The molecule has 0 bridgehead atoms. The predicted octanol–water partition coefficient (Wildman–Crippen LogP) is 4.84. The van der Waals surface area contributed by atoms with Gasteiger partial charge in [-0.1, -0.05) is 56.7 Å². The molecule has 1 heterocycles. The summed E-state index contributed by atoms with van der Waals surface area (Å²) in [5.74, 6) is -2.49. The number of rotatable bonds is 6. The summed E-state index contributed by atoms with van der Waals surface area (Å²) in [6.45, 7) is 7.29. The molecule has 0 saturated heterocycles. The number of hydrogen-bond donors (Lipinski definition) is 3. The smallest absolute Gasteiger partial charge is 0.338 e. The number of Topliss-reactive ketones (excluding diaryl/α,β-unsaturated/α-hetero) is 1. The average Bonchev–Trinajstić information content (AvgIpc) is 3.54. The summed E-state index contributed by atoms with van der Waals surface area (Å²) < 4.78 is 39.7. The Hall–Kier alpha value is -3.90. The molecule has 4 aliphatic rings. The number of benzene rings is 2. The Morgan fingerprint density at radius 1 is 1.10 bits per heavy atom. The van der Waals surface area contributed by atoms with Crippen molar-refractivity contribution in [2.24, 2.45) is 34.5 Å². The first-order valence-electron chi connectivity index (χ1n) is 16.3. The average molecular weight is 673 g/mol. The third kappa shape index (κ3) is 4.69. The molecular weight excluding hydrogens is 632 g/mol. The van der Waals surface area contributed by atoms with E-state index in [1.807, 2.05) is 55.1 Å². The van der Waals surface area contributed by atoms with Crippen molar-refractivity contribution in [3.63, 3.8) is 0 Å². The van der Waals surface area contributed by atoms with Crippen LogP contribution in [0.3, 0.4) is 0 Å². The van der Waals surface area contributed by atoms with Gasteiger partial charge in [0.2, 0.25) is 5.78 Å². The highest BCUT2D eigenvalue weighted by Crippen LogP contribution is 2.68. The van der Waals surface area contributed by atoms with Gasteiger partial charge in [-0.15, -0.1) is 0 Å². The Morgan fingerprint density at radius 2 is 1.83 bits per heavy atom. The van der Waals surface area contributed by atoms with Gasteiger partial charge < -0.3 is 14.9 Å². The minimum absolute atomic E-state index is 0.110. The van der Waals surface area contributed by atoms with Crippen LogP contribution in [0, 0.1) is 34.5 Å². The summed E-state index contributed by atoms with van der Waals surface area (Å²) in [7, 11) is -4.55. The largest absolute Gasteiger partial charge is 0.454 e. The zero-order valence-corrected chi connectivity index (χ0v) is 28.1. The van der Waals surface area contributed by atoms with Gasteiger partial charge in [0.1, 0.15) is 5.60 Å². The Morgan fingerprint density at radius 3 is 2.54 bits per heavy atom. The summed E-state index contributed by atoms with van der Waals surface area (Å²) in [6.07, 6.45) is 6.96. The van der Waals surface area contributed by atoms with Gasteiger partial charge in [0.05, 0.1) is 34.1 Å². The van der Waals surface area contributed by atoms with Crippen LogP contribution in [0.1, 0.15) is 62.2 Å². The number of aliphatic hydroxyl groups is 2. The molecule has 48 heavy (non-hydrogen) atoms. The Balaban J connectivity index is 1.18. The number of carbonyl (C=O) groups excluding carboxylic acids is 2. The van der Waals surface area contributed by atoms with E-state index >= 15 is 0 Å². The normalized spacial score (nSPS) is 33.8. The molecule has 0 spiro atoms. The molecule has 2 fully saturated rings. The lowest BCUT2D eigenvalue weighted by molar-refractivity contribution is -0.179. The number of carbonyl (C=O) groups is 2. The van der Waals surface area contributed by atoms with Crippen LogP contribution in [0.2, 0.25) is 0 Å². The van der Waals surface area contributed by atoms with E-state index in [-0.39, 0.29) is 29.7 Å². The number of aliphatic hydroxyl groups excluding tert-OH is 1. The molecule has 252 valence electrons. The predicted molar refractivity (Wildman–Crippen MR) is 177 cm³/mol. The highest BCUT2D eigenvalue weighted by atomic mass is 32.2. The van der Waals surface area contributed by atoms with Crippen molar-refractivity contribution < 1.29 is 37.5 Å². The van der Waals surface area contributed by atoms with Crippen molar-refractivity contribution in [3.8, 4) is 5.69 Å². The van der Waals surface area contributed by atoms with E-state index in [1.165, 1.54) is 17.7 Å². The summed E-state index contributed by atoms with van der Waals surface area (Å²) in [6, 6.07) is 14.7. The fraction of sp³-hybridized carbons (Fsp3) is 0.432. The maximum atomic E-state index is 13.9. The van der Waals surface area contributed by atoms with Crippen molar-refractivity contribution in [3.05, 3.63) is 94.8 Å². The molecule has 0 aliphatic heterocycles. The minimum atomic E-state index is -4.55. The molecule has 3 N–H and O–H groups in total. The number of hydrogen-bond acceptors (Lipinski definition) is 8. The van der Waals surface area contributed by atoms with Gasteiger partial charge in [0.15, 0.2) is 6.61 Å². The molecule has 0 unspecified atom stereocenters. The van der Waals surface area contributed by atoms with Crippen molar-refractivity contribution in [1.82, 2.24) is 9.78 Å². The second-order valence-electron chi connectivity index (χ2n) is 14.6. The lowest BCUT2D eigenvalue weighted by atomic mass is 9.46. The third-order valence-corrected chi connectivity index (χ3v) is 12.9. The van der Waals surface area contributed by atoms with E-state index in [0.717, 1.165) is 34.7 Å². The zero-order chi connectivity index (χ0) is 34.4. The van der Waals surface area contributed by atoms with E-state index in [1.54, 1.807) is 0 Å². The van der Waals surface area contributed by atoms with Gasteiger partial charge in [-0.2, -0.15) is 13.5 Å². The van der Waals surface area contributed by atoms with Gasteiger partial charge in [0, 0.05) is 16.7 Å². The number of ether oxygens (including phenoxy) is 1. The second kappa shape index (κ2) is 11.1. The molecular formula is C37H40N2O8S. The van der Waals surface area contributed by atoms with Crippen LogP contribution in [0.4, 0.5) is 0 Å². The Kier molecular flexibility index (Phi) is 7.52. The van der Waals surface area contributed by atoms with Gasteiger partial charge in [0.25, 0.3) is 10.1 Å². The third-order valence-electron chi connectivity index (χ3n) is 12.0. The number of ketones is 1. The monoisotopic (exact) mass is 672 g/mol. The molecule has 2 aromatic carbocycles. The first kappa shape index (κ1) is 32.6. The second-order valence-corrected chi connectivity index (χ2v) is 16.0. The summed E-state index contributed by atoms with van der Waals surface area (Å²) in [5.41, 5.74) is 1.94. The van der Waals surface area contributed by atoms with E-state index < -0.39 is 61.8 Å². The van der Waals surface area contributed by atoms with Crippen LogP contribution in [-0.4, -0.2) is 63.0 Å². The molecule has 3 aromatic rings. The van der Waals surface area contributed by atoms with Crippen LogP contribution >= 0.6 is 0 Å². The highest BCUT2D eigenvalue weighted by molar-refractivity contribution is 7.85. The fourth-order valence-electron chi connectivity index (χ4n) is 9.87. The van der Waals surface area contributed by atoms with Gasteiger partial charge >= 0.3 is 5.97 Å². The Labute approximate surface area is 279 Å². The van der Waals surface area contributed by atoms with Gasteiger partial charge in [-0.05, 0) is 91.5 Å². The number of fused-ring (bicyclic) bond motifs is 6. The topological polar surface area (TPSA) is 156 Å². The summed E-state index contributed by atoms with van der Waals surface area (Å²) in [4.78, 5) is 26.2. The quantitative estimate of drug-likeness (QED) is 0.246. The molecule has 7 rings (SSSR count). The Bertz CT molecular complexity index is 2000. The molecule has 10 nitrogen and oxygen atoms in total. The van der Waals surface area contributed by atoms with E-state index in [0.29, 0.717) is 12.8 Å². The van der Waals surface area contributed by atoms with E-state index in [4.69, 9.17) is 9.84 Å². The summed E-state index contributed by atoms with van der Waals surface area (Å²) >= 11 is 0. The standard InChI is InChI=1S/C37H40N2O8S/c1-21-13-27-29-14-22(2)37(43,32(41)20-47-34(42)23-9-8-12-26(15-23)48(44,45)46)36(29,4)18-31(40)33(27)35(3)17-24-19-38-39(30(24)16-28(21)35)25-10-6-5-7-11-25/h5-13,15-16,19,22,27,29,31,33,40,43H,14,17-18,20H2,1-4H3,(H,44,45,46)/t22-,27+,29+,31+,33-,35+,36+,37+/m1/s1. The van der Waals surface area contributed by atoms with E-state index in [9.17, 15) is 32.8 Å². The summed E-state index contributed by atoms with van der Waals surface area (Å²) in [5, 5.41) is 29.1. The van der Waals surface area contributed by atoms with Crippen LogP contribution < -0.4 is 0 Å². The zero-order valence-electron chi connectivity index (χ0n) is 27.3. The molecule has 4 aliphatic carbocycles. The number of allylic oxidation sites excluding steroid dienone is 3. The maximum Gasteiger partial charge on any atom is 0.338 e. The van der Waals surface area contributed by atoms with Crippen LogP contribution in [0.25, 0.3) is 11.8 Å². The van der Waals surface area contributed by atoms with Crippen LogP contribution in [0.5, 0.6) is 0 Å². The van der Waals surface area contributed by atoms with Crippen molar-refractivity contribution in [1.29, 1.82) is 0 Å². The van der Waals surface area contributed by atoms with E-state index in [2.05, 4.69) is 26.0 Å². The first-order chi connectivity index (χ1) is 22.6. The SMILES string of the molecule is CC1=C[C@@H]2[C@H]([C@@H](O)C[C@@]3(C)[C@H]2C[C@@H](C)[C@]3(O)C(=O)COC(=O)c2cccc(S(=O)(=O)O)c2)[C@@]2(C)Cc3cnn(-c4ccccc4)c3C=C12. The van der Waals surface area contributed by atoms with Crippen molar-refractivity contribution in [2.45, 2.75) is 63.6 Å². The van der Waals surface area contributed by atoms with Crippen molar-refractivity contribution in [2.75, 3.05) is 6.61 Å². The first-order valence-corrected chi connectivity index (χ1v) is 17.8.